The topological polar surface area (TPSA) is 74.8 Å². The smallest absolute Gasteiger partial charge is 0.229 e. The van der Waals surface area contributed by atoms with E-state index in [1.165, 1.54) is 6.08 Å². The lowest BCUT2D eigenvalue weighted by Gasteiger charge is -2.06. The van der Waals surface area contributed by atoms with E-state index in [9.17, 15) is 17.2 Å². The average molecular weight is 448 g/mol. The monoisotopic (exact) mass is 447 g/mol. The number of halogens is 2. The summed E-state index contributed by atoms with van der Waals surface area (Å²) in [6.07, 6.45) is 13.6. The Morgan fingerprint density at radius 1 is 1.00 bits per heavy atom. The maximum atomic E-state index is 11.9. The molecule has 2 heterocycles. The lowest BCUT2D eigenvalue weighted by atomic mass is 10.1. The number of anilines is 1. The van der Waals surface area contributed by atoms with Crippen LogP contribution >= 0.6 is 0 Å². The molecule has 2 aromatic heterocycles. The molecule has 0 unspecified atom stereocenters. The summed E-state index contributed by atoms with van der Waals surface area (Å²) in [7, 11) is -2.80. The van der Waals surface area contributed by atoms with Crippen LogP contribution in [0.4, 0.5) is 14.5 Å². The summed E-state index contributed by atoms with van der Waals surface area (Å²) in [6.45, 7) is 4.00. The number of benzene rings is 1. The van der Waals surface area contributed by atoms with E-state index in [-0.39, 0.29) is 0 Å². The third-order valence-corrected chi connectivity index (χ3v) is 4.37. The number of sulfonamides is 1. The van der Waals surface area contributed by atoms with Crippen LogP contribution in [0.2, 0.25) is 0 Å². The van der Waals surface area contributed by atoms with Gasteiger partial charge >= 0.3 is 0 Å². The molecule has 0 saturated heterocycles. The molecule has 0 fully saturated rings. The first-order chi connectivity index (χ1) is 15.0. The standard InChI is InChI=1S/C20H18FN3O2S.C2H6.CH3F/c1-27(25,26)24-18-9-7-15(8-10-18)17-12-19-16(6-4-2-3-5-11-21)13-22-20(19)23-14-17;2*1-2/h2-14,24H,1H3,(H,22,23);1-2H3;1H3/b3-2-,6-4+,11-5+;;. The van der Waals surface area contributed by atoms with Gasteiger partial charge < -0.3 is 4.98 Å². The number of aromatic amines is 1. The fourth-order valence-electron chi connectivity index (χ4n) is 2.59. The Kier molecular flexibility index (Phi) is 10.9. The fourth-order valence-corrected chi connectivity index (χ4v) is 3.16. The van der Waals surface area contributed by atoms with Crippen LogP contribution in [0.5, 0.6) is 0 Å². The van der Waals surface area contributed by atoms with Crippen LogP contribution in [0.3, 0.4) is 0 Å². The molecule has 5 nitrogen and oxygen atoms in total. The van der Waals surface area contributed by atoms with Crippen molar-refractivity contribution in [1.29, 1.82) is 0 Å². The van der Waals surface area contributed by atoms with Gasteiger partial charge in [0.2, 0.25) is 10.0 Å². The van der Waals surface area contributed by atoms with E-state index in [0.717, 1.165) is 34.0 Å². The van der Waals surface area contributed by atoms with Crippen molar-refractivity contribution in [2.75, 3.05) is 18.2 Å². The minimum Gasteiger partial charge on any atom is -0.346 e. The number of nitrogens with one attached hydrogen (secondary N) is 2. The second kappa shape index (κ2) is 13.1. The van der Waals surface area contributed by atoms with Crippen molar-refractivity contribution < 1.29 is 17.2 Å². The van der Waals surface area contributed by atoms with Crippen molar-refractivity contribution in [3.05, 3.63) is 78.9 Å². The molecule has 0 spiro atoms. The number of fused-ring (bicyclic) bond motifs is 1. The van der Waals surface area contributed by atoms with E-state index in [2.05, 4.69) is 14.7 Å². The fraction of sp³-hybridized carbons (Fsp3) is 0.174. The van der Waals surface area contributed by atoms with Gasteiger partial charge in [-0.05, 0) is 29.8 Å². The molecular weight excluding hydrogens is 420 g/mol. The number of hydrogen-bond acceptors (Lipinski definition) is 3. The number of alkyl halides is 1. The SMILES string of the molecule is CC.CF.CS(=O)(=O)Nc1ccc(-c2cnc3[nH]cc(/C=C/C=C\C=C\F)c3c2)cc1. The largest absolute Gasteiger partial charge is 0.346 e. The highest BCUT2D eigenvalue weighted by molar-refractivity contribution is 7.92. The van der Waals surface area contributed by atoms with Gasteiger partial charge in [-0.3, -0.25) is 9.11 Å². The molecule has 3 rings (SSSR count). The first-order valence-electron chi connectivity index (χ1n) is 9.49. The number of pyridine rings is 1. The van der Waals surface area contributed by atoms with Crippen molar-refractivity contribution in [3.8, 4) is 11.1 Å². The van der Waals surface area contributed by atoms with Crippen molar-refractivity contribution in [2.45, 2.75) is 13.8 Å². The molecule has 0 aliphatic rings. The summed E-state index contributed by atoms with van der Waals surface area (Å²) in [5.74, 6) is 0. The second-order valence-corrected chi connectivity index (χ2v) is 7.63. The van der Waals surface area contributed by atoms with E-state index in [1.807, 2.05) is 50.4 Å². The lowest BCUT2D eigenvalue weighted by Crippen LogP contribution is -2.09. The molecule has 8 heteroatoms. The van der Waals surface area contributed by atoms with E-state index in [1.54, 1.807) is 30.5 Å². The zero-order valence-electron chi connectivity index (χ0n) is 17.9. The molecule has 0 saturated carbocycles. The van der Waals surface area contributed by atoms with Crippen molar-refractivity contribution in [3.63, 3.8) is 0 Å². The first-order valence-corrected chi connectivity index (χ1v) is 11.4. The quantitative estimate of drug-likeness (QED) is 0.438. The van der Waals surface area contributed by atoms with Crippen LogP contribution in [-0.4, -0.2) is 31.8 Å². The molecule has 2 N–H and O–H groups in total. The highest BCUT2D eigenvalue weighted by Crippen LogP contribution is 2.26. The zero-order valence-corrected chi connectivity index (χ0v) is 18.7. The van der Waals surface area contributed by atoms with Gasteiger partial charge in [0, 0.05) is 34.6 Å². The number of nitrogens with zero attached hydrogens (tertiary/aromatic N) is 1. The summed E-state index contributed by atoms with van der Waals surface area (Å²) in [5.41, 5.74) is 4.07. The van der Waals surface area contributed by atoms with Gasteiger partial charge in [0.1, 0.15) is 5.65 Å². The Bertz CT molecular complexity index is 1130. The molecule has 0 aliphatic heterocycles. The van der Waals surface area contributed by atoms with Crippen molar-refractivity contribution >= 4 is 32.8 Å². The molecule has 3 aromatic rings. The Hall–Kier alpha value is -3.26. The summed E-state index contributed by atoms with van der Waals surface area (Å²) in [5, 5.41) is 0.955. The third-order valence-electron chi connectivity index (χ3n) is 3.77. The summed E-state index contributed by atoms with van der Waals surface area (Å²) in [4.78, 5) is 7.55. The molecule has 0 amide bonds. The number of H-pyrrole nitrogens is 1. The first kappa shape index (κ1) is 25.8. The predicted molar refractivity (Wildman–Crippen MR) is 127 cm³/mol. The van der Waals surface area contributed by atoms with Gasteiger partial charge in [-0.15, -0.1) is 0 Å². The second-order valence-electron chi connectivity index (χ2n) is 5.88. The molecule has 31 heavy (non-hydrogen) atoms. The lowest BCUT2D eigenvalue weighted by molar-refractivity contribution is 0.607. The zero-order chi connectivity index (χ0) is 23.3. The molecule has 0 atom stereocenters. The van der Waals surface area contributed by atoms with E-state index in [0.29, 0.717) is 19.2 Å². The van der Waals surface area contributed by atoms with Gasteiger partial charge in [0.25, 0.3) is 0 Å². The van der Waals surface area contributed by atoms with Crippen LogP contribution in [0.15, 0.2) is 73.4 Å². The maximum Gasteiger partial charge on any atom is 0.229 e. The van der Waals surface area contributed by atoms with Gasteiger partial charge in [-0.25, -0.2) is 17.8 Å². The van der Waals surface area contributed by atoms with Crippen LogP contribution in [0.1, 0.15) is 19.4 Å². The molecule has 0 aliphatic carbocycles. The summed E-state index contributed by atoms with van der Waals surface area (Å²) < 4.78 is 46.4. The Balaban J connectivity index is 0.00000113. The molecule has 166 valence electrons. The van der Waals surface area contributed by atoms with Crippen molar-refractivity contribution in [1.82, 2.24) is 9.97 Å². The third kappa shape index (κ3) is 8.18. The predicted octanol–water partition coefficient (Wildman–Crippen LogP) is 6.27. The van der Waals surface area contributed by atoms with Crippen LogP contribution in [0, 0.1) is 0 Å². The number of hydrogen-bond donors (Lipinski definition) is 2. The van der Waals surface area contributed by atoms with Gasteiger partial charge in [0.15, 0.2) is 0 Å². The minimum atomic E-state index is -3.30. The molecular formula is C23H27F2N3O2S. The molecule has 1 aromatic carbocycles. The van der Waals surface area contributed by atoms with Crippen LogP contribution < -0.4 is 4.72 Å². The molecule has 0 radical (unpaired) electrons. The normalized spacial score (nSPS) is 11.4. The van der Waals surface area contributed by atoms with Crippen LogP contribution in [0.25, 0.3) is 28.2 Å². The highest BCUT2D eigenvalue weighted by atomic mass is 32.2. The number of allylic oxidation sites excluding steroid dienone is 4. The number of aromatic nitrogens is 2. The van der Waals surface area contributed by atoms with Gasteiger partial charge in [-0.2, -0.15) is 0 Å². The summed E-state index contributed by atoms with van der Waals surface area (Å²) in [6, 6.07) is 9.11. The summed E-state index contributed by atoms with van der Waals surface area (Å²) >= 11 is 0. The van der Waals surface area contributed by atoms with Gasteiger partial charge in [0.05, 0.1) is 19.8 Å². The Morgan fingerprint density at radius 2 is 1.65 bits per heavy atom. The maximum absolute atomic E-state index is 11.9. The Labute approximate surface area is 182 Å². The van der Waals surface area contributed by atoms with E-state index >= 15 is 0 Å². The van der Waals surface area contributed by atoms with E-state index < -0.39 is 10.0 Å². The van der Waals surface area contributed by atoms with Crippen LogP contribution in [-0.2, 0) is 10.0 Å². The number of rotatable bonds is 6. The minimum absolute atomic E-state index is 0.475. The highest BCUT2D eigenvalue weighted by Gasteiger charge is 2.06. The molecule has 0 bridgehead atoms. The average Bonchev–Trinajstić information content (AvgIpc) is 3.18. The Morgan fingerprint density at radius 3 is 2.26 bits per heavy atom. The van der Waals surface area contributed by atoms with E-state index in [4.69, 9.17) is 0 Å². The van der Waals surface area contributed by atoms with Gasteiger partial charge in [-0.1, -0.05) is 50.3 Å². The van der Waals surface area contributed by atoms with Crippen molar-refractivity contribution in [2.24, 2.45) is 0 Å².